The zero-order valence-electron chi connectivity index (χ0n) is 9.32. The lowest BCUT2D eigenvalue weighted by molar-refractivity contribution is -0.140. The summed E-state index contributed by atoms with van der Waals surface area (Å²) < 4.78 is 25.5. The van der Waals surface area contributed by atoms with Crippen LogP contribution in [-0.2, 0) is 16.1 Å². The number of carboxylic acid groups (broad SMARTS) is 1. The maximum atomic E-state index is 12.9. The quantitative estimate of drug-likeness (QED) is 0.852. The molecule has 1 aliphatic carbocycles. The molecule has 0 spiro atoms. The van der Waals surface area contributed by atoms with E-state index in [2.05, 4.69) is 5.32 Å². The SMILES string of the molecule is O=C(O)[C@H]1C[C@H]1C(=O)NCc1ccc(F)c(F)c1. The molecule has 1 aromatic carbocycles. The van der Waals surface area contributed by atoms with Gasteiger partial charge in [-0.3, -0.25) is 9.59 Å². The number of hydrogen-bond donors (Lipinski definition) is 2. The van der Waals surface area contributed by atoms with E-state index in [1.165, 1.54) is 6.07 Å². The van der Waals surface area contributed by atoms with Crippen LogP contribution in [0.15, 0.2) is 18.2 Å². The van der Waals surface area contributed by atoms with Gasteiger partial charge in [-0.25, -0.2) is 8.78 Å². The monoisotopic (exact) mass is 255 g/mol. The number of nitrogens with one attached hydrogen (secondary N) is 1. The van der Waals surface area contributed by atoms with Crippen molar-refractivity contribution < 1.29 is 23.5 Å². The van der Waals surface area contributed by atoms with Gasteiger partial charge in [-0.05, 0) is 24.1 Å². The Morgan fingerprint density at radius 2 is 2.00 bits per heavy atom. The Labute approximate surface area is 102 Å². The fourth-order valence-corrected chi connectivity index (χ4v) is 1.73. The molecule has 1 aliphatic rings. The lowest BCUT2D eigenvalue weighted by Crippen LogP contribution is -2.26. The van der Waals surface area contributed by atoms with Crippen molar-refractivity contribution in [1.82, 2.24) is 5.32 Å². The largest absolute Gasteiger partial charge is 0.481 e. The number of carbonyl (C=O) groups excluding carboxylic acids is 1. The van der Waals surface area contributed by atoms with Gasteiger partial charge in [-0.2, -0.15) is 0 Å². The second-order valence-electron chi connectivity index (χ2n) is 4.25. The standard InChI is InChI=1S/C12H11F2NO3/c13-9-2-1-6(3-10(9)14)5-15-11(16)7-4-8(7)12(17)18/h1-3,7-8H,4-5H2,(H,15,16)(H,17,18)/t7-,8+/m1/s1. The van der Waals surface area contributed by atoms with Crippen molar-refractivity contribution in [1.29, 1.82) is 0 Å². The third-order valence-electron chi connectivity index (χ3n) is 2.90. The normalized spacial score (nSPS) is 21.4. The topological polar surface area (TPSA) is 66.4 Å². The molecule has 96 valence electrons. The molecule has 0 aromatic heterocycles. The Morgan fingerprint density at radius 1 is 1.28 bits per heavy atom. The second kappa shape index (κ2) is 4.72. The molecule has 1 fully saturated rings. The maximum Gasteiger partial charge on any atom is 0.307 e. The molecule has 2 atom stereocenters. The number of halogens is 2. The minimum Gasteiger partial charge on any atom is -0.481 e. The summed E-state index contributed by atoms with van der Waals surface area (Å²) in [5, 5.41) is 11.2. The van der Waals surface area contributed by atoms with Crippen LogP contribution >= 0.6 is 0 Å². The summed E-state index contributed by atoms with van der Waals surface area (Å²) in [6.07, 6.45) is 0.332. The molecule has 0 heterocycles. The molecule has 2 N–H and O–H groups in total. The predicted molar refractivity (Wildman–Crippen MR) is 57.4 cm³/mol. The van der Waals surface area contributed by atoms with E-state index in [9.17, 15) is 18.4 Å². The van der Waals surface area contributed by atoms with Crippen molar-refractivity contribution in [3.8, 4) is 0 Å². The summed E-state index contributed by atoms with van der Waals surface area (Å²) in [6, 6.07) is 3.34. The first kappa shape index (κ1) is 12.5. The highest BCUT2D eigenvalue weighted by Crippen LogP contribution is 2.38. The van der Waals surface area contributed by atoms with E-state index in [0.717, 1.165) is 12.1 Å². The smallest absolute Gasteiger partial charge is 0.307 e. The highest BCUT2D eigenvalue weighted by Gasteiger charge is 2.48. The average Bonchev–Trinajstić information content (AvgIpc) is 3.10. The van der Waals surface area contributed by atoms with Gasteiger partial charge < -0.3 is 10.4 Å². The van der Waals surface area contributed by atoms with Crippen LogP contribution in [0.1, 0.15) is 12.0 Å². The van der Waals surface area contributed by atoms with Crippen LogP contribution in [0, 0.1) is 23.5 Å². The number of aliphatic carboxylic acids is 1. The van der Waals surface area contributed by atoms with Gasteiger partial charge in [0.05, 0.1) is 11.8 Å². The molecule has 1 saturated carbocycles. The molecule has 0 aliphatic heterocycles. The number of amides is 1. The van der Waals surface area contributed by atoms with Crippen molar-refractivity contribution in [3.05, 3.63) is 35.4 Å². The molecular formula is C12H11F2NO3. The van der Waals surface area contributed by atoms with E-state index < -0.39 is 29.4 Å². The zero-order valence-corrected chi connectivity index (χ0v) is 9.32. The van der Waals surface area contributed by atoms with Crippen LogP contribution in [-0.4, -0.2) is 17.0 Å². The Hall–Kier alpha value is -1.98. The van der Waals surface area contributed by atoms with E-state index >= 15 is 0 Å². The maximum absolute atomic E-state index is 12.9. The van der Waals surface area contributed by atoms with Gasteiger partial charge >= 0.3 is 5.97 Å². The minimum atomic E-state index is -0.983. The summed E-state index contributed by atoms with van der Waals surface area (Å²) in [6.45, 7) is 0.0544. The Morgan fingerprint density at radius 3 is 2.56 bits per heavy atom. The molecule has 0 saturated heterocycles. The van der Waals surface area contributed by atoms with Crippen molar-refractivity contribution in [2.45, 2.75) is 13.0 Å². The van der Waals surface area contributed by atoms with Gasteiger partial charge in [0.2, 0.25) is 5.91 Å². The van der Waals surface area contributed by atoms with Gasteiger partial charge in [0.1, 0.15) is 0 Å². The third-order valence-corrected chi connectivity index (χ3v) is 2.90. The van der Waals surface area contributed by atoms with Gasteiger partial charge in [-0.1, -0.05) is 6.07 Å². The van der Waals surface area contributed by atoms with Crippen LogP contribution in [0.25, 0.3) is 0 Å². The number of carboxylic acids is 1. The van der Waals surface area contributed by atoms with E-state index in [1.807, 2.05) is 0 Å². The molecule has 6 heteroatoms. The highest BCUT2D eigenvalue weighted by molar-refractivity contribution is 5.89. The molecule has 4 nitrogen and oxygen atoms in total. The fraction of sp³-hybridized carbons (Fsp3) is 0.333. The lowest BCUT2D eigenvalue weighted by Gasteiger charge is -2.05. The molecule has 1 amide bonds. The van der Waals surface area contributed by atoms with E-state index in [4.69, 9.17) is 5.11 Å². The lowest BCUT2D eigenvalue weighted by atomic mass is 10.2. The number of carbonyl (C=O) groups is 2. The fourth-order valence-electron chi connectivity index (χ4n) is 1.73. The van der Waals surface area contributed by atoms with Crippen LogP contribution < -0.4 is 5.32 Å². The number of hydrogen-bond acceptors (Lipinski definition) is 2. The Kier molecular flexibility index (Phi) is 3.27. The molecule has 0 radical (unpaired) electrons. The average molecular weight is 255 g/mol. The Balaban J connectivity index is 1.87. The predicted octanol–water partition coefficient (Wildman–Crippen LogP) is 1.30. The van der Waals surface area contributed by atoms with E-state index in [0.29, 0.717) is 12.0 Å². The van der Waals surface area contributed by atoms with Crippen molar-refractivity contribution in [3.63, 3.8) is 0 Å². The summed E-state index contributed by atoms with van der Waals surface area (Å²) in [5.74, 6) is -4.40. The van der Waals surface area contributed by atoms with Crippen LogP contribution in [0.2, 0.25) is 0 Å². The van der Waals surface area contributed by atoms with Crippen molar-refractivity contribution in [2.24, 2.45) is 11.8 Å². The minimum absolute atomic E-state index is 0.0544. The first-order valence-electron chi connectivity index (χ1n) is 5.43. The molecular weight excluding hydrogens is 244 g/mol. The summed E-state index contributed by atoms with van der Waals surface area (Å²) >= 11 is 0. The first-order valence-corrected chi connectivity index (χ1v) is 5.43. The second-order valence-corrected chi connectivity index (χ2v) is 4.25. The van der Waals surface area contributed by atoms with Crippen LogP contribution in [0.5, 0.6) is 0 Å². The van der Waals surface area contributed by atoms with Crippen LogP contribution in [0.3, 0.4) is 0 Å². The molecule has 0 bridgehead atoms. The van der Waals surface area contributed by atoms with Gasteiger partial charge in [0.15, 0.2) is 11.6 Å². The van der Waals surface area contributed by atoms with Crippen LogP contribution in [0.4, 0.5) is 8.78 Å². The van der Waals surface area contributed by atoms with Gasteiger partial charge in [0, 0.05) is 6.54 Å². The summed E-state index contributed by atoms with van der Waals surface area (Å²) in [4.78, 5) is 22.1. The number of rotatable bonds is 4. The summed E-state index contributed by atoms with van der Waals surface area (Å²) in [7, 11) is 0. The van der Waals surface area contributed by atoms with Crippen molar-refractivity contribution >= 4 is 11.9 Å². The highest BCUT2D eigenvalue weighted by atomic mass is 19.2. The first-order chi connectivity index (χ1) is 8.49. The summed E-state index contributed by atoms with van der Waals surface area (Å²) in [5.41, 5.74) is 0.426. The molecule has 18 heavy (non-hydrogen) atoms. The molecule has 1 aromatic rings. The number of benzene rings is 1. The van der Waals surface area contributed by atoms with E-state index in [1.54, 1.807) is 0 Å². The van der Waals surface area contributed by atoms with Gasteiger partial charge in [0.25, 0.3) is 0 Å². The van der Waals surface area contributed by atoms with Crippen molar-refractivity contribution in [2.75, 3.05) is 0 Å². The molecule has 2 rings (SSSR count). The van der Waals surface area contributed by atoms with E-state index in [-0.39, 0.29) is 12.5 Å². The zero-order chi connectivity index (χ0) is 13.3. The van der Waals surface area contributed by atoms with Gasteiger partial charge in [-0.15, -0.1) is 0 Å². The third kappa shape index (κ3) is 2.64. The molecule has 0 unspecified atom stereocenters. The Bertz CT molecular complexity index is 504.